The van der Waals surface area contributed by atoms with Crippen LogP contribution in [0, 0.1) is 6.92 Å². The summed E-state index contributed by atoms with van der Waals surface area (Å²) in [6, 6.07) is 11.9. The van der Waals surface area contributed by atoms with Crippen LogP contribution in [0.3, 0.4) is 0 Å². The van der Waals surface area contributed by atoms with Gasteiger partial charge < -0.3 is 9.15 Å². The second-order valence-corrected chi connectivity index (χ2v) is 3.57. The molecule has 1 heterocycles. The summed E-state index contributed by atoms with van der Waals surface area (Å²) in [5.41, 5.74) is 1.97. The van der Waals surface area contributed by atoms with Crippen molar-refractivity contribution in [2.45, 2.75) is 6.92 Å². The molecule has 1 aromatic heterocycles. The zero-order valence-corrected chi connectivity index (χ0v) is 9.49. The molecule has 2 heteroatoms. The van der Waals surface area contributed by atoms with Gasteiger partial charge in [-0.1, -0.05) is 36.9 Å². The van der Waals surface area contributed by atoms with Gasteiger partial charge in [0, 0.05) is 5.56 Å². The van der Waals surface area contributed by atoms with Gasteiger partial charge >= 0.3 is 0 Å². The van der Waals surface area contributed by atoms with Gasteiger partial charge in [-0.05, 0) is 13.0 Å². The molecule has 2 aromatic rings. The average Bonchev–Trinajstić information content (AvgIpc) is 2.71. The Bertz CT molecular complexity index is 495. The van der Waals surface area contributed by atoms with Crippen molar-refractivity contribution in [3.05, 3.63) is 54.3 Å². The first-order valence-electron chi connectivity index (χ1n) is 5.11. The van der Waals surface area contributed by atoms with Crippen molar-refractivity contribution in [2.24, 2.45) is 0 Å². The first-order valence-corrected chi connectivity index (χ1v) is 5.11. The average molecular weight is 214 g/mol. The molecule has 0 saturated carbocycles. The van der Waals surface area contributed by atoms with E-state index >= 15 is 0 Å². The van der Waals surface area contributed by atoms with Gasteiger partial charge in [-0.25, -0.2) is 0 Å². The fourth-order valence-electron chi connectivity index (χ4n) is 1.61. The molecule has 0 atom stereocenters. The molecule has 1 aromatic carbocycles. The van der Waals surface area contributed by atoms with Crippen LogP contribution in [-0.4, -0.2) is 7.11 Å². The van der Waals surface area contributed by atoms with E-state index in [4.69, 9.17) is 9.15 Å². The van der Waals surface area contributed by atoms with E-state index in [-0.39, 0.29) is 0 Å². The second kappa shape index (κ2) is 4.27. The zero-order chi connectivity index (χ0) is 11.5. The lowest BCUT2D eigenvalue weighted by Gasteiger charge is -1.99. The number of rotatable bonds is 3. The smallest absolute Gasteiger partial charge is 0.135 e. The van der Waals surface area contributed by atoms with Crippen LogP contribution in [0.5, 0.6) is 0 Å². The molecule has 82 valence electrons. The molecule has 0 aliphatic carbocycles. The number of benzene rings is 1. The Morgan fingerprint density at radius 2 is 1.94 bits per heavy atom. The number of furan rings is 1. The molecular weight excluding hydrogens is 200 g/mol. The first-order chi connectivity index (χ1) is 7.72. The molecule has 0 radical (unpaired) electrons. The fourth-order valence-corrected chi connectivity index (χ4v) is 1.61. The largest absolute Gasteiger partial charge is 0.497 e. The van der Waals surface area contributed by atoms with E-state index in [9.17, 15) is 0 Å². The van der Waals surface area contributed by atoms with Crippen molar-refractivity contribution in [1.82, 2.24) is 0 Å². The van der Waals surface area contributed by atoms with Gasteiger partial charge in [-0.2, -0.15) is 0 Å². The topological polar surface area (TPSA) is 22.4 Å². The predicted octanol–water partition coefficient (Wildman–Crippen LogP) is 3.87. The quantitative estimate of drug-likeness (QED) is 0.723. The highest BCUT2D eigenvalue weighted by atomic mass is 16.5. The Hall–Kier alpha value is -1.96. The van der Waals surface area contributed by atoms with Crippen molar-refractivity contribution in [1.29, 1.82) is 0 Å². The Kier molecular flexibility index (Phi) is 2.82. The number of aryl methyl sites for hydroxylation is 1. The van der Waals surface area contributed by atoms with E-state index in [1.807, 2.05) is 43.3 Å². The molecule has 2 rings (SSSR count). The van der Waals surface area contributed by atoms with Crippen molar-refractivity contribution in [3.8, 4) is 11.3 Å². The summed E-state index contributed by atoms with van der Waals surface area (Å²) in [6.07, 6.45) is 0. The van der Waals surface area contributed by atoms with E-state index < -0.39 is 0 Å². The summed E-state index contributed by atoms with van der Waals surface area (Å²) < 4.78 is 10.8. The normalized spacial score (nSPS) is 10.1. The molecular formula is C14H14O2. The lowest BCUT2D eigenvalue weighted by atomic mass is 10.1. The molecule has 0 saturated heterocycles. The van der Waals surface area contributed by atoms with Gasteiger partial charge in [0.05, 0.1) is 12.7 Å². The molecule has 2 nitrogen and oxygen atoms in total. The van der Waals surface area contributed by atoms with Crippen LogP contribution in [0.2, 0.25) is 0 Å². The van der Waals surface area contributed by atoms with Crippen LogP contribution in [0.4, 0.5) is 0 Å². The summed E-state index contributed by atoms with van der Waals surface area (Å²) in [5.74, 6) is 2.29. The number of hydrogen-bond acceptors (Lipinski definition) is 2. The van der Waals surface area contributed by atoms with Gasteiger partial charge in [0.2, 0.25) is 0 Å². The predicted molar refractivity (Wildman–Crippen MR) is 64.9 cm³/mol. The Balaban J connectivity index is 2.42. The van der Waals surface area contributed by atoms with Crippen molar-refractivity contribution in [3.63, 3.8) is 0 Å². The molecule has 0 fully saturated rings. The summed E-state index contributed by atoms with van der Waals surface area (Å²) in [5, 5.41) is 0. The zero-order valence-electron chi connectivity index (χ0n) is 9.49. The van der Waals surface area contributed by atoms with E-state index in [1.165, 1.54) is 0 Å². The summed E-state index contributed by atoms with van der Waals surface area (Å²) in [7, 11) is 1.61. The number of hydrogen-bond donors (Lipinski definition) is 0. The lowest BCUT2D eigenvalue weighted by molar-refractivity contribution is 0.370. The minimum atomic E-state index is 0.628. The van der Waals surface area contributed by atoms with Gasteiger partial charge in [-0.3, -0.25) is 0 Å². The molecule has 0 aliphatic rings. The number of methoxy groups -OCH3 is 1. The van der Waals surface area contributed by atoms with Gasteiger partial charge in [0.15, 0.2) is 0 Å². The van der Waals surface area contributed by atoms with E-state index in [2.05, 4.69) is 6.58 Å². The van der Waals surface area contributed by atoms with Crippen LogP contribution in [0.15, 0.2) is 47.4 Å². The highest BCUT2D eigenvalue weighted by Crippen LogP contribution is 2.28. The molecule has 16 heavy (non-hydrogen) atoms. The summed E-state index contributed by atoms with van der Waals surface area (Å²) in [6.45, 7) is 5.74. The Labute approximate surface area is 95.2 Å². The minimum Gasteiger partial charge on any atom is -0.497 e. The van der Waals surface area contributed by atoms with Crippen molar-refractivity contribution < 1.29 is 9.15 Å². The van der Waals surface area contributed by atoms with E-state index in [1.54, 1.807) is 7.11 Å². The molecule has 0 aliphatic heterocycles. The van der Waals surface area contributed by atoms with Gasteiger partial charge in [0.1, 0.15) is 17.3 Å². The fraction of sp³-hybridized carbons (Fsp3) is 0.143. The highest BCUT2D eigenvalue weighted by Gasteiger charge is 2.11. The SMILES string of the molecule is C=C(OC)c1cc(-c2ccccc2)oc1C. The van der Waals surface area contributed by atoms with E-state index in [0.717, 1.165) is 22.6 Å². The standard InChI is InChI=1S/C14H14O2/c1-10(15-3)13-9-14(16-11(13)2)12-7-5-4-6-8-12/h4-9H,1H2,2-3H3. The van der Waals surface area contributed by atoms with Crippen LogP contribution < -0.4 is 0 Å². The summed E-state index contributed by atoms with van der Waals surface area (Å²) in [4.78, 5) is 0. The molecule has 0 N–H and O–H groups in total. The summed E-state index contributed by atoms with van der Waals surface area (Å²) >= 11 is 0. The third-order valence-corrected chi connectivity index (χ3v) is 2.52. The molecule has 0 unspecified atom stereocenters. The van der Waals surface area contributed by atoms with Crippen molar-refractivity contribution >= 4 is 5.76 Å². The van der Waals surface area contributed by atoms with Gasteiger partial charge in [-0.15, -0.1) is 0 Å². The van der Waals surface area contributed by atoms with Crippen LogP contribution in [0.1, 0.15) is 11.3 Å². The molecule has 0 amide bonds. The monoisotopic (exact) mass is 214 g/mol. The van der Waals surface area contributed by atoms with Crippen LogP contribution in [-0.2, 0) is 4.74 Å². The first kappa shape index (κ1) is 10.6. The van der Waals surface area contributed by atoms with Crippen LogP contribution in [0.25, 0.3) is 17.1 Å². The minimum absolute atomic E-state index is 0.628. The third kappa shape index (κ3) is 1.87. The molecule has 0 bridgehead atoms. The van der Waals surface area contributed by atoms with Crippen LogP contribution >= 0.6 is 0 Å². The Morgan fingerprint density at radius 1 is 1.25 bits per heavy atom. The molecule has 0 spiro atoms. The third-order valence-electron chi connectivity index (χ3n) is 2.52. The highest BCUT2D eigenvalue weighted by molar-refractivity contribution is 5.67. The van der Waals surface area contributed by atoms with E-state index in [0.29, 0.717) is 5.76 Å². The van der Waals surface area contributed by atoms with Crippen molar-refractivity contribution in [2.75, 3.05) is 7.11 Å². The Morgan fingerprint density at radius 3 is 2.56 bits per heavy atom. The lowest BCUT2D eigenvalue weighted by Crippen LogP contribution is -1.83. The second-order valence-electron chi connectivity index (χ2n) is 3.57. The maximum absolute atomic E-state index is 5.68. The van der Waals surface area contributed by atoms with Gasteiger partial charge in [0.25, 0.3) is 0 Å². The maximum atomic E-state index is 5.68. The maximum Gasteiger partial charge on any atom is 0.135 e. The number of ether oxygens (including phenoxy) is 1.